The molecule has 294 valence electrons. The molecule has 0 amide bonds. The summed E-state index contributed by atoms with van der Waals surface area (Å²) in [6.07, 6.45) is 0. The summed E-state index contributed by atoms with van der Waals surface area (Å²) in [6.45, 7) is 24.7. The van der Waals surface area contributed by atoms with E-state index in [0.717, 1.165) is 5.69 Å². The van der Waals surface area contributed by atoms with Crippen LogP contribution in [0.2, 0.25) is 39.3 Å². The topological polar surface area (TPSA) is 6.48 Å². The molecule has 9 rings (SSSR count). The van der Waals surface area contributed by atoms with Crippen LogP contribution in [-0.2, 0) is 4.66 Å². The zero-order chi connectivity index (χ0) is 41.4. The van der Waals surface area contributed by atoms with E-state index in [1.54, 1.807) is 5.56 Å². The number of hydrogen-bond acceptors (Lipinski definition) is 2. The van der Waals surface area contributed by atoms with Crippen molar-refractivity contribution in [3.8, 4) is 11.1 Å². The number of anilines is 6. The number of aryl methyl sites for hydroxylation is 4. The summed E-state index contributed by atoms with van der Waals surface area (Å²) in [5.74, 6) is 0. The van der Waals surface area contributed by atoms with Crippen LogP contribution in [0.25, 0.3) is 32.7 Å². The third kappa shape index (κ3) is 6.27. The number of fused-ring (bicyclic) bond motifs is 7. The van der Waals surface area contributed by atoms with Crippen molar-refractivity contribution in [3.05, 3.63) is 191 Å². The Labute approximate surface area is 353 Å². The van der Waals surface area contributed by atoms with Crippen molar-refractivity contribution in [2.45, 2.75) is 71.6 Å². The number of para-hydroxylation sites is 2. The largest absolute Gasteiger partial charge is 0.310 e. The Morgan fingerprint density at radius 3 is 1.42 bits per heavy atom. The maximum atomic E-state index is 2.65. The molecular weight excluding hydrogens is 745 g/mol. The molecule has 8 aromatic rings. The zero-order valence-electron chi connectivity index (χ0n) is 36.4. The van der Waals surface area contributed by atoms with E-state index < -0.39 is 16.1 Å². The molecule has 0 saturated carbocycles. The minimum atomic E-state index is -2.07. The standard InChI is InChI=1S/C55H56N2Si2/c1-37-29-38(2)32-45(31-37)56(42-19-13-11-14-20-42)44-26-28-47-41(35-44)25-27-50-53-49-24-18-17-23-48(49)52(36-51(53)55(54(47)50,58(5,6)7)59(8,9)10)57(43-21-15-12-16-22-43)46-33-39(3)30-40(4)34-46/h11-36H,1-10H3. The van der Waals surface area contributed by atoms with Gasteiger partial charge in [-0.1, -0.05) is 130 Å². The molecule has 0 radical (unpaired) electrons. The molecule has 0 saturated heterocycles. The molecule has 4 heteroatoms. The van der Waals surface area contributed by atoms with Crippen LogP contribution in [-0.4, -0.2) is 16.1 Å². The van der Waals surface area contributed by atoms with E-state index in [0.29, 0.717) is 0 Å². The Balaban J connectivity index is 1.36. The predicted molar refractivity (Wildman–Crippen MR) is 263 cm³/mol. The molecule has 2 nitrogen and oxygen atoms in total. The fourth-order valence-corrected chi connectivity index (χ4v) is 24.3. The first kappa shape index (κ1) is 38.8. The van der Waals surface area contributed by atoms with Gasteiger partial charge in [0.2, 0.25) is 0 Å². The highest BCUT2D eigenvalue weighted by atomic mass is 28.4. The summed E-state index contributed by atoms with van der Waals surface area (Å²) in [5.41, 5.74) is 18.2. The molecule has 0 heterocycles. The number of rotatable bonds is 8. The van der Waals surface area contributed by atoms with E-state index >= 15 is 0 Å². The maximum absolute atomic E-state index is 2.65. The highest BCUT2D eigenvalue weighted by molar-refractivity contribution is 7.00. The molecule has 0 atom stereocenters. The zero-order valence-corrected chi connectivity index (χ0v) is 38.4. The summed E-state index contributed by atoms with van der Waals surface area (Å²) >= 11 is 0. The molecule has 8 aromatic carbocycles. The Bertz CT molecular complexity index is 2850. The average Bonchev–Trinajstić information content (AvgIpc) is 3.51. The highest BCUT2D eigenvalue weighted by Gasteiger charge is 2.60. The Morgan fingerprint density at radius 1 is 0.390 bits per heavy atom. The van der Waals surface area contributed by atoms with Gasteiger partial charge in [-0.3, -0.25) is 0 Å². The third-order valence-electron chi connectivity index (χ3n) is 12.8. The minimum Gasteiger partial charge on any atom is -0.310 e. The van der Waals surface area contributed by atoms with Crippen LogP contribution < -0.4 is 9.80 Å². The second-order valence-corrected chi connectivity index (χ2v) is 30.0. The van der Waals surface area contributed by atoms with Crippen molar-refractivity contribution in [1.82, 2.24) is 0 Å². The van der Waals surface area contributed by atoms with Gasteiger partial charge in [0.05, 0.1) is 21.8 Å². The Hall–Kier alpha value is -5.69. The lowest BCUT2D eigenvalue weighted by Gasteiger charge is -2.52. The molecule has 0 fully saturated rings. The molecule has 0 aliphatic heterocycles. The second-order valence-electron chi connectivity index (χ2n) is 19.0. The monoisotopic (exact) mass is 800 g/mol. The lowest BCUT2D eigenvalue weighted by molar-refractivity contribution is 0.962. The van der Waals surface area contributed by atoms with E-state index in [2.05, 4.69) is 235 Å². The van der Waals surface area contributed by atoms with Gasteiger partial charge in [0, 0.05) is 38.5 Å². The lowest BCUT2D eigenvalue weighted by Crippen LogP contribution is -2.63. The Kier molecular flexibility index (Phi) is 9.37. The molecule has 0 spiro atoms. The van der Waals surface area contributed by atoms with Crippen molar-refractivity contribution >= 4 is 71.8 Å². The van der Waals surface area contributed by atoms with Gasteiger partial charge < -0.3 is 9.80 Å². The smallest absolute Gasteiger partial charge is 0.0579 e. The van der Waals surface area contributed by atoms with E-state index in [4.69, 9.17) is 0 Å². The van der Waals surface area contributed by atoms with Crippen molar-refractivity contribution in [2.75, 3.05) is 9.80 Å². The van der Waals surface area contributed by atoms with Gasteiger partial charge in [0.25, 0.3) is 0 Å². The maximum Gasteiger partial charge on any atom is 0.0579 e. The number of benzene rings is 8. The summed E-state index contributed by atoms with van der Waals surface area (Å²) in [7, 11) is -4.14. The van der Waals surface area contributed by atoms with Crippen LogP contribution in [0, 0.1) is 27.7 Å². The summed E-state index contributed by atoms with van der Waals surface area (Å²) < 4.78 is -0.0812. The first-order valence-electron chi connectivity index (χ1n) is 21.2. The summed E-state index contributed by atoms with van der Waals surface area (Å²) in [6, 6.07) is 59.8. The Morgan fingerprint density at radius 2 is 0.881 bits per heavy atom. The quantitative estimate of drug-likeness (QED) is 0.141. The summed E-state index contributed by atoms with van der Waals surface area (Å²) in [5, 5.41) is 5.31. The van der Waals surface area contributed by atoms with E-state index in [-0.39, 0.29) is 4.66 Å². The lowest BCUT2D eigenvalue weighted by atomic mass is 9.94. The van der Waals surface area contributed by atoms with Gasteiger partial charge in [-0.2, -0.15) is 0 Å². The predicted octanol–water partition coefficient (Wildman–Crippen LogP) is 16.2. The molecule has 0 aromatic heterocycles. The number of hydrogen-bond donors (Lipinski definition) is 0. The van der Waals surface area contributed by atoms with Crippen molar-refractivity contribution in [1.29, 1.82) is 0 Å². The van der Waals surface area contributed by atoms with Crippen LogP contribution >= 0.6 is 0 Å². The van der Waals surface area contributed by atoms with Gasteiger partial charge >= 0.3 is 0 Å². The van der Waals surface area contributed by atoms with Crippen LogP contribution in [0.4, 0.5) is 34.1 Å². The van der Waals surface area contributed by atoms with Gasteiger partial charge in [-0.25, -0.2) is 0 Å². The fraction of sp³-hybridized carbons (Fsp3) is 0.200. The van der Waals surface area contributed by atoms with Crippen LogP contribution in [0.15, 0.2) is 158 Å². The van der Waals surface area contributed by atoms with E-state index in [9.17, 15) is 0 Å². The van der Waals surface area contributed by atoms with Gasteiger partial charge in [0.1, 0.15) is 0 Å². The molecule has 0 bridgehead atoms. The van der Waals surface area contributed by atoms with Crippen molar-refractivity contribution < 1.29 is 0 Å². The molecule has 0 unspecified atom stereocenters. The van der Waals surface area contributed by atoms with Crippen molar-refractivity contribution in [3.63, 3.8) is 0 Å². The van der Waals surface area contributed by atoms with E-state index in [1.807, 2.05) is 0 Å². The molecule has 1 aliphatic rings. The van der Waals surface area contributed by atoms with Gasteiger partial charge in [-0.15, -0.1) is 0 Å². The normalized spacial score (nSPS) is 13.4. The molecule has 59 heavy (non-hydrogen) atoms. The highest BCUT2D eigenvalue weighted by Crippen LogP contribution is 2.62. The third-order valence-corrected chi connectivity index (χ3v) is 22.8. The second kappa shape index (κ2) is 14.3. The van der Waals surface area contributed by atoms with Crippen LogP contribution in [0.3, 0.4) is 0 Å². The van der Waals surface area contributed by atoms with E-state index in [1.165, 1.54) is 88.9 Å². The average molecular weight is 801 g/mol. The number of nitrogens with zero attached hydrogens (tertiary/aromatic N) is 2. The first-order valence-corrected chi connectivity index (χ1v) is 28.2. The molecule has 1 aliphatic carbocycles. The van der Waals surface area contributed by atoms with Crippen LogP contribution in [0.1, 0.15) is 33.4 Å². The van der Waals surface area contributed by atoms with Crippen LogP contribution in [0.5, 0.6) is 0 Å². The summed E-state index contributed by atoms with van der Waals surface area (Å²) in [4.78, 5) is 4.96. The van der Waals surface area contributed by atoms with Gasteiger partial charge in [0.15, 0.2) is 0 Å². The molecular formula is C55H56N2Si2. The van der Waals surface area contributed by atoms with Gasteiger partial charge in [-0.05, 0) is 155 Å². The van der Waals surface area contributed by atoms with Crippen molar-refractivity contribution in [2.24, 2.45) is 0 Å². The first-order chi connectivity index (χ1) is 28.2. The minimum absolute atomic E-state index is 0.0812. The SMILES string of the molecule is Cc1cc(C)cc(N(c2ccccc2)c2ccc3c4c(ccc3c2)-c2c(cc(N(c3ccccc3)c3cc(C)cc(C)c3)c3ccccc23)C4([Si](C)(C)C)[Si](C)(C)C)c1. The fourth-order valence-electron chi connectivity index (χ4n) is 11.2. The molecule has 0 N–H and O–H groups in total.